The third-order valence-corrected chi connectivity index (χ3v) is 4.46. The molecule has 2 N–H and O–H groups in total. The van der Waals surface area contributed by atoms with E-state index in [4.69, 9.17) is 21.7 Å². The number of alkyl halides is 3. The van der Waals surface area contributed by atoms with E-state index < -0.39 is 11.7 Å². The van der Waals surface area contributed by atoms with Gasteiger partial charge in [-0.3, -0.25) is 0 Å². The summed E-state index contributed by atoms with van der Waals surface area (Å²) in [5, 5.41) is 6.06. The number of ether oxygens (including phenoxy) is 2. The molecule has 1 heterocycles. The maximum atomic E-state index is 13.2. The van der Waals surface area contributed by atoms with Crippen LogP contribution in [0, 0.1) is 0 Å². The lowest BCUT2D eigenvalue weighted by Gasteiger charge is -2.31. The number of thiocarbonyl (C=S) groups is 1. The average Bonchev–Trinajstić information content (AvgIpc) is 2.68. The monoisotopic (exact) mass is 411 g/mol. The molecule has 5 nitrogen and oxygen atoms in total. The van der Waals surface area contributed by atoms with E-state index in [-0.39, 0.29) is 10.8 Å². The Balaban J connectivity index is 1.83. The summed E-state index contributed by atoms with van der Waals surface area (Å²) in [5.74, 6) is 0.640. The first-order chi connectivity index (χ1) is 13.4. The number of halogens is 3. The van der Waals surface area contributed by atoms with Crippen molar-refractivity contribution >= 4 is 34.4 Å². The molecule has 28 heavy (non-hydrogen) atoms. The largest absolute Gasteiger partial charge is 0.497 e. The van der Waals surface area contributed by atoms with Crippen LogP contribution >= 0.6 is 12.2 Å². The number of morpholine rings is 1. The van der Waals surface area contributed by atoms with E-state index in [9.17, 15) is 13.2 Å². The topological polar surface area (TPSA) is 45.8 Å². The molecule has 1 aliphatic heterocycles. The number of rotatable bonds is 4. The Bertz CT molecular complexity index is 839. The van der Waals surface area contributed by atoms with Gasteiger partial charge < -0.3 is 25.0 Å². The van der Waals surface area contributed by atoms with Crippen LogP contribution in [0.1, 0.15) is 5.56 Å². The molecule has 0 spiro atoms. The highest BCUT2D eigenvalue weighted by atomic mass is 32.1. The first-order valence-corrected chi connectivity index (χ1v) is 9.03. The SMILES string of the molecule is COc1cccc(NC(=S)Nc2cc(C(F)(F)F)ccc2N2CCOCC2)c1. The molecular formula is C19H20F3N3O2S. The zero-order chi connectivity index (χ0) is 20.1. The molecule has 0 unspecified atom stereocenters. The fourth-order valence-electron chi connectivity index (χ4n) is 2.88. The number of hydrogen-bond acceptors (Lipinski definition) is 4. The summed E-state index contributed by atoms with van der Waals surface area (Å²) >= 11 is 5.31. The highest BCUT2D eigenvalue weighted by molar-refractivity contribution is 7.80. The summed E-state index contributed by atoms with van der Waals surface area (Å²) in [4.78, 5) is 1.97. The molecule has 1 saturated heterocycles. The molecule has 3 rings (SSSR count). The van der Waals surface area contributed by atoms with Crippen molar-refractivity contribution in [3.05, 3.63) is 48.0 Å². The highest BCUT2D eigenvalue weighted by Crippen LogP contribution is 2.36. The van der Waals surface area contributed by atoms with Crippen molar-refractivity contribution in [2.75, 3.05) is 48.9 Å². The Morgan fingerprint density at radius 1 is 1.11 bits per heavy atom. The number of methoxy groups -OCH3 is 1. The fraction of sp³-hybridized carbons (Fsp3) is 0.316. The Hall–Kier alpha value is -2.52. The molecule has 0 atom stereocenters. The van der Waals surface area contributed by atoms with Crippen LogP contribution in [-0.2, 0) is 10.9 Å². The van der Waals surface area contributed by atoms with Gasteiger partial charge in [-0.1, -0.05) is 6.07 Å². The Kier molecular flexibility index (Phi) is 6.25. The number of nitrogens with zero attached hydrogens (tertiary/aromatic N) is 1. The highest BCUT2D eigenvalue weighted by Gasteiger charge is 2.31. The van der Waals surface area contributed by atoms with E-state index in [2.05, 4.69) is 10.6 Å². The maximum absolute atomic E-state index is 13.2. The molecule has 0 aromatic heterocycles. The number of hydrogen-bond donors (Lipinski definition) is 2. The second-order valence-corrected chi connectivity index (χ2v) is 6.55. The number of anilines is 3. The zero-order valence-corrected chi connectivity index (χ0v) is 16.0. The van der Waals surface area contributed by atoms with Crippen LogP contribution < -0.4 is 20.3 Å². The summed E-state index contributed by atoms with van der Waals surface area (Å²) in [7, 11) is 1.55. The molecule has 1 aliphatic rings. The minimum absolute atomic E-state index is 0.182. The minimum Gasteiger partial charge on any atom is -0.497 e. The molecule has 0 aliphatic carbocycles. The Labute approximate surface area is 166 Å². The summed E-state index contributed by atoms with van der Waals surface area (Å²) in [5.41, 5.74) is 0.858. The summed E-state index contributed by atoms with van der Waals surface area (Å²) in [6.07, 6.45) is -4.44. The van der Waals surface area contributed by atoms with Crippen LogP contribution in [0.15, 0.2) is 42.5 Å². The fourth-order valence-corrected chi connectivity index (χ4v) is 3.11. The van der Waals surface area contributed by atoms with Gasteiger partial charge in [0, 0.05) is 24.8 Å². The van der Waals surface area contributed by atoms with Gasteiger partial charge in [0.25, 0.3) is 0 Å². The average molecular weight is 411 g/mol. The predicted molar refractivity (Wildman–Crippen MR) is 107 cm³/mol. The lowest BCUT2D eigenvalue weighted by molar-refractivity contribution is -0.137. The molecule has 0 radical (unpaired) electrons. The van der Waals surface area contributed by atoms with E-state index >= 15 is 0 Å². The first kappa shape index (κ1) is 20.2. The van der Waals surface area contributed by atoms with Gasteiger partial charge in [-0.2, -0.15) is 13.2 Å². The smallest absolute Gasteiger partial charge is 0.416 e. The minimum atomic E-state index is -4.44. The van der Waals surface area contributed by atoms with Crippen LogP contribution in [0.25, 0.3) is 0 Å². The van der Waals surface area contributed by atoms with Crippen molar-refractivity contribution in [1.29, 1.82) is 0 Å². The van der Waals surface area contributed by atoms with Crippen LogP contribution in [0.2, 0.25) is 0 Å². The van der Waals surface area contributed by atoms with Crippen molar-refractivity contribution < 1.29 is 22.6 Å². The van der Waals surface area contributed by atoms with E-state index in [1.54, 1.807) is 31.4 Å². The standard InChI is InChI=1S/C19H20F3N3O2S/c1-26-15-4-2-3-14(12-15)23-18(28)24-16-11-13(19(20,21)22)5-6-17(16)25-7-9-27-10-8-25/h2-6,11-12H,7-10H2,1H3,(H2,23,24,28). The normalized spacial score (nSPS) is 14.5. The van der Waals surface area contributed by atoms with Crippen molar-refractivity contribution in [2.45, 2.75) is 6.18 Å². The van der Waals surface area contributed by atoms with E-state index in [1.165, 1.54) is 6.07 Å². The lowest BCUT2D eigenvalue weighted by atomic mass is 10.1. The third-order valence-electron chi connectivity index (χ3n) is 4.25. The lowest BCUT2D eigenvalue weighted by Crippen LogP contribution is -2.37. The quantitative estimate of drug-likeness (QED) is 0.729. The molecule has 0 saturated carbocycles. The van der Waals surface area contributed by atoms with Gasteiger partial charge in [0.1, 0.15) is 5.75 Å². The van der Waals surface area contributed by atoms with Crippen molar-refractivity contribution in [3.8, 4) is 5.75 Å². The van der Waals surface area contributed by atoms with Gasteiger partial charge in [-0.15, -0.1) is 0 Å². The molecule has 2 aromatic carbocycles. The molecule has 0 amide bonds. The van der Waals surface area contributed by atoms with Crippen LogP contribution in [0.4, 0.5) is 30.2 Å². The number of nitrogens with one attached hydrogen (secondary N) is 2. The summed E-state index contributed by atoms with van der Waals surface area (Å²) in [6.45, 7) is 2.23. The van der Waals surface area contributed by atoms with Crippen LogP contribution in [0.5, 0.6) is 5.75 Å². The molecule has 150 valence electrons. The molecule has 1 fully saturated rings. The molecule has 2 aromatic rings. The number of benzene rings is 2. The Morgan fingerprint density at radius 2 is 1.86 bits per heavy atom. The van der Waals surface area contributed by atoms with Gasteiger partial charge in [0.05, 0.1) is 37.3 Å². The van der Waals surface area contributed by atoms with E-state index in [0.29, 0.717) is 43.4 Å². The third kappa shape index (κ3) is 5.05. The maximum Gasteiger partial charge on any atom is 0.416 e. The van der Waals surface area contributed by atoms with Crippen molar-refractivity contribution in [1.82, 2.24) is 0 Å². The van der Waals surface area contributed by atoms with Crippen LogP contribution in [-0.4, -0.2) is 38.5 Å². The van der Waals surface area contributed by atoms with E-state index in [0.717, 1.165) is 12.1 Å². The van der Waals surface area contributed by atoms with Gasteiger partial charge >= 0.3 is 6.18 Å². The second-order valence-electron chi connectivity index (χ2n) is 6.14. The summed E-state index contributed by atoms with van der Waals surface area (Å²) in [6, 6.07) is 10.7. The van der Waals surface area contributed by atoms with Gasteiger partial charge in [-0.25, -0.2) is 0 Å². The zero-order valence-electron chi connectivity index (χ0n) is 15.2. The van der Waals surface area contributed by atoms with Gasteiger partial charge in [-0.05, 0) is 42.5 Å². The van der Waals surface area contributed by atoms with Crippen molar-refractivity contribution in [3.63, 3.8) is 0 Å². The predicted octanol–water partition coefficient (Wildman–Crippen LogP) is 4.36. The molecular weight excluding hydrogens is 391 g/mol. The van der Waals surface area contributed by atoms with Crippen molar-refractivity contribution in [2.24, 2.45) is 0 Å². The van der Waals surface area contributed by atoms with Crippen LogP contribution in [0.3, 0.4) is 0 Å². The molecule has 9 heteroatoms. The first-order valence-electron chi connectivity index (χ1n) is 8.63. The van der Waals surface area contributed by atoms with E-state index in [1.807, 2.05) is 4.90 Å². The van der Waals surface area contributed by atoms with Gasteiger partial charge in [0.15, 0.2) is 5.11 Å². The second kappa shape index (κ2) is 8.66. The Morgan fingerprint density at radius 3 is 2.54 bits per heavy atom. The summed E-state index contributed by atoms with van der Waals surface area (Å²) < 4.78 is 50.0. The van der Waals surface area contributed by atoms with Gasteiger partial charge in [0.2, 0.25) is 0 Å². The molecule has 0 bridgehead atoms.